The lowest BCUT2D eigenvalue weighted by Gasteiger charge is -2.47. The van der Waals surface area contributed by atoms with Crippen LogP contribution < -0.4 is 58.3 Å². The third-order valence-electron chi connectivity index (χ3n) is 16.9. The molecule has 14 heteroatoms. The lowest BCUT2D eigenvalue weighted by molar-refractivity contribution is -0.637. The maximum atomic E-state index is 15.4. The SMILES string of the molecule is CC1=CC(C)(C)N2CCCc3c4c(cc1c32)C(c1c(C(=O)[O-])c(-[n+]2ccc(N(C)C)cc2)c(-[n+]2ccc(N(C)C)cc2)c(Sc2ccc(C(=O)O)cc2)c1-[n+]1ccc(N(C)C)cc1)=c1cc2c3c(c1O4)CCC[N+]=3C(C)(C)C=C2C. The van der Waals surface area contributed by atoms with Gasteiger partial charge < -0.3 is 39.3 Å². The number of benzene rings is 4. The molecule has 13 nitrogen and oxygen atoms in total. The predicted octanol–water partition coefficient (Wildman–Crippen LogP) is 7.86. The third-order valence-corrected chi connectivity index (χ3v) is 18.0. The molecule has 0 aliphatic carbocycles. The molecule has 4 aromatic carbocycles. The average molecular weight is 1090 g/mol. The van der Waals surface area contributed by atoms with E-state index in [-0.39, 0.29) is 22.2 Å². The van der Waals surface area contributed by atoms with Crippen molar-refractivity contribution in [2.24, 2.45) is 0 Å². The summed E-state index contributed by atoms with van der Waals surface area (Å²) >= 11 is 1.46. The van der Waals surface area contributed by atoms with E-state index in [1.54, 1.807) is 12.1 Å². The van der Waals surface area contributed by atoms with E-state index in [4.69, 9.17) is 4.74 Å². The van der Waals surface area contributed by atoms with Crippen LogP contribution in [0.3, 0.4) is 0 Å². The van der Waals surface area contributed by atoms with Gasteiger partial charge in [0.2, 0.25) is 11.0 Å². The molecule has 3 aromatic heterocycles. The molecular weight excluding hydrogens is 1020 g/mol. The summed E-state index contributed by atoms with van der Waals surface area (Å²) in [5, 5.41) is 27.6. The minimum Gasteiger partial charge on any atom is -0.545 e. The fourth-order valence-corrected chi connectivity index (χ4v) is 14.3. The van der Waals surface area contributed by atoms with Crippen molar-refractivity contribution < 1.29 is 38.2 Å². The van der Waals surface area contributed by atoms with Crippen LogP contribution in [0.4, 0.5) is 22.7 Å². The lowest BCUT2D eigenvalue weighted by atomic mass is 9.78. The van der Waals surface area contributed by atoms with E-state index < -0.39 is 11.9 Å². The molecule has 0 bridgehead atoms. The van der Waals surface area contributed by atoms with Crippen LogP contribution in [-0.4, -0.2) is 83.5 Å². The molecule has 8 heterocycles. The van der Waals surface area contributed by atoms with Crippen molar-refractivity contribution in [2.75, 3.05) is 75.0 Å². The van der Waals surface area contributed by atoms with E-state index in [9.17, 15) is 9.90 Å². The number of hydrogen-bond acceptors (Lipinski definition) is 9. The zero-order valence-electron chi connectivity index (χ0n) is 47.9. The highest BCUT2D eigenvalue weighted by molar-refractivity contribution is 7.99. The van der Waals surface area contributed by atoms with Crippen LogP contribution in [0.5, 0.6) is 11.5 Å². The van der Waals surface area contributed by atoms with Gasteiger partial charge in [-0.1, -0.05) is 17.8 Å². The summed E-state index contributed by atoms with van der Waals surface area (Å²) in [4.78, 5) is 37.9. The normalized spacial score (nSPS) is 16.1. The minimum absolute atomic E-state index is 0.00636. The van der Waals surface area contributed by atoms with Crippen molar-refractivity contribution >= 4 is 63.2 Å². The molecule has 0 spiro atoms. The van der Waals surface area contributed by atoms with Crippen LogP contribution in [0.25, 0.3) is 33.8 Å². The summed E-state index contributed by atoms with van der Waals surface area (Å²) in [5.74, 6) is -0.878. The van der Waals surface area contributed by atoms with Crippen molar-refractivity contribution in [1.29, 1.82) is 0 Å². The van der Waals surface area contributed by atoms with E-state index in [0.717, 1.165) is 122 Å². The Balaban J connectivity index is 1.36. The van der Waals surface area contributed by atoms with Gasteiger partial charge in [-0.25, -0.2) is 9.37 Å². The lowest BCUT2D eigenvalue weighted by Crippen LogP contribution is -2.53. The summed E-state index contributed by atoms with van der Waals surface area (Å²) < 4.78 is 16.2. The number of ether oxygens (including phenoxy) is 1. The van der Waals surface area contributed by atoms with Crippen LogP contribution in [-0.2, 0) is 12.8 Å². The first-order valence-electron chi connectivity index (χ1n) is 27.6. The number of carboxylic acids is 2. The Morgan fingerprint density at radius 3 is 1.77 bits per heavy atom. The molecule has 12 rings (SSSR count). The van der Waals surface area contributed by atoms with Gasteiger partial charge in [0.1, 0.15) is 18.0 Å². The summed E-state index contributed by atoms with van der Waals surface area (Å²) in [7, 11) is 12.0. The first-order chi connectivity index (χ1) is 38.1. The average Bonchev–Trinajstić information content (AvgIpc) is 3.55. The van der Waals surface area contributed by atoms with Gasteiger partial charge in [0, 0.05) is 161 Å². The van der Waals surface area contributed by atoms with Crippen molar-refractivity contribution in [3.63, 3.8) is 0 Å². The van der Waals surface area contributed by atoms with Crippen LogP contribution in [0, 0.1) is 0 Å². The van der Waals surface area contributed by atoms with Crippen molar-refractivity contribution in [3.8, 4) is 28.6 Å². The van der Waals surface area contributed by atoms with Crippen LogP contribution >= 0.6 is 11.8 Å². The predicted molar refractivity (Wildman–Crippen MR) is 315 cm³/mol. The smallest absolute Gasteiger partial charge is 0.335 e. The van der Waals surface area contributed by atoms with Gasteiger partial charge in [-0.05, 0) is 101 Å². The number of carbonyl (C=O) groups is 2. The largest absolute Gasteiger partial charge is 0.545 e. The quantitative estimate of drug-likeness (QED) is 0.129. The fourth-order valence-electron chi connectivity index (χ4n) is 13.1. The molecule has 5 aliphatic rings. The molecular formula is C66H69N8O5S+3. The van der Waals surface area contributed by atoms with E-state index in [1.165, 1.54) is 22.8 Å². The highest BCUT2D eigenvalue weighted by atomic mass is 32.2. The number of fused-ring (bicyclic) bond motifs is 4. The van der Waals surface area contributed by atoms with Gasteiger partial charge in [0.25, 0.3) is 5.69 Å². The molecule has 0 unspecified atom stereocenters. The number of pyridine rings is 3. The molecule has 5 aliphatic heterocycles. The molecule has 7 aromatic rings. The molecule has 80 heavy (non-hydrogen) atoms. The number of aromatic carboxylic acids is 2. The van der Waals surface area contributed by atoms with Gasteiger partial charge >= 0.3 is 11.7 Å². The summed E-state index contributed by atoms with van der Waals surface area (Å²) in [6.45, 7) is 15.3. The Hall–Kier alpha value is -8.23. The summed E-state index contributed by atoms with van der Waals surface area (Å²) in [6.07, 6.45) is 20.0. The molecule has 1 N–H and O–H groups in total. The van der Waals surface area contributed by atoms with Gasteiger partial charge in [-0.2, -0.15) is 13.7 Å². The second kappa shape index (κ2) is 19.3. The second-order valence-corrected chi connectivity index (χ2v) is 24.7. The Morgan fingerprint density at radius 1 is 0.662 bits per heavy atom. The first kappa shape index (κ1) is 52.5. The number of carboxylic acid groups (broad SMARTS) is 2. The zero-order chi connectivity index (χ0) is 56.4. The van der Waals surface area contributed by atoms with Crippen molar-refractivity contribution in [3.05, 3.63) is 177 Å². The van der Waals surface area contributed by atoms with Crippen LogP contribution in [0.2, 0.25) is 0 Å². The number of rotatable bonds is 11. The monoisotopic (exact) mass is 1090 g/mol. The number of aromatic nitrogens is 3. The van der Waals surface area contributed by atoms with Crippen LogP contribution in [0.15, 0.2) is 132 Å². The van der Waals surface area contributed by atoms with Crippen molar-refractivity contribution in [2.45, 2.75) is 88.1 Å². The molecule has 0 saturated heterocycles. The van der Waals surface area contributed by atoms with E-state index >= 15 is 9.90 Å². The Morgan fingerprint density at radius 2 is 1.21 bits per heavy atom. The van der Waals surface area contributed by atoms with Gasteiger partial charge in [-0.3, -0.25) is 0 Å². The number of carbonyl (C=O) groups excluding carboxylic acids is 1. The molecule has 0 radical (unpaired) electrons. The number of nitrogens with zero attached hydrogens (tertiary/aromatic N) is 8. The van der Waals surface area contributed by atoms with Gasteiger partial charge in [-0.15, -0.1) is 0 Å². The van der Waals surface area contributed by atoms with Gasteiger partial charge in [0.15, 0.2) is 47.6 Å². The molecule has 406 valence electrons. The Labute approximate surface area is 472 Å². The summed E-state index contributed by atoms with van der Waals surface area (Å²) in [6, 6.07) is 23.6. The second-order valence-electron chi connectivity index (χ2n) is 23.6. The number of hydrogen-bond donors (Lipinski definition) is 1. The highest BCUT2D eigenvalue weighted by Crippen LogP contribution is 2.54. The Bertz CT molecular complexity index is 3990. The number of allylic oxidation sites excluding steroid dienone is 2. The fraction of sp³-hybridized carbons (Fsp3) is 0.303. The Kier molecular flexibility index (Phi) is 12.6. The highest BCUT2D eigenvalue weighted by Gasteiger charge is 2.47. The van der Waals surface area contributed by atoms with Gasteiger partial charge in [0.05, 0.1) is 39.4 Å². The maximum absolute atomic E-state index is 15.4. The minimum atomic E-state index is -1.35. The summed E-state index contributed by atoms with van der Waals surface area (Å²) in [5.41, 5.74) is 14.0. The van der Waals surface area contributed by atoms with Crippen molar-refractivity contribution in [1.82, 2.24) is 4.58 Å². The zero-order valence-corrected chi connectivity index (χ0v) is 48.7. The molecule has 0 amide bonds. The standard InChI is InChI=1S/C66H68N8O5S/c1-39-37-65(3,4)73-27-13-15-46-55(73)48(39)35-50-52(51-36-49-40(2)38-66(5,6)74-28-14-16-47(56(49)74)61(51)79-60(46)50)53-54(64(77)78)57(70-29-21-42(22-30-70)67(7)8)59(72-33-25-44(26-34-72)69(11)12)62(80-45-19-17-41(18-20-45)63(75)76)58(53)71-31-23-43(24-32-71)68(9)10/h17-26,29-38H,13-16,27-28H2,1-12H3/q+2/p+1. The topological polar surface area (TPSA) is 114 Å². The molecule has 0 saturated carbocycles. The maximum Gasteiger partial charge on any atom is 0.335 e. The van der Waals surface area contributed by atoms with E-state index in [2.05, 4.69) is 79.9 Å². The molecule has 0 atom stereocenters. The van der Waals surface area contributed by atoms with E-state index in [1.807, 2.05) is 152 Å². The third kappa shape index (κ3) is 8.44. The van der Waals surface area contributed by atoms with E-state index in [0.29, 0.717) is 27.5 Å². The molecule has 0 fully saturated rings. The van der Waals surface area contributed by atoms with Crippen LogP contribution in [0.1, 0.15) is 108 Å². The first-order valence-corrected chi connectivity index (χ1v) is 28.4. The number of anilines is 4.